The fourth-order valence-corrected chi connectivity index (χ4v) is 3.56. The van der Waals surface area contributed by atoms with E-state index in [2.05, 4.69) is 15.4 Å². The highest BCUT2D eigenvalue weighted by molar-refractivity contribution is 7.17. The molecule has 2 amide bonds. The Kier molecular flexibility index (Phi) is 4.64. The van der Waals surface area contributed by atoms with Crippen molar-refractivity contribution in [3.63, 3.8) is 0 Å². The topological polar surface area (TPSA) is 89.3 Å². The van der Waals surface area contributed by atoms with Crippen molar-refractivity contribution in [2.75, 3.05) is 26.5 Å². The number of nitrogens with one attached hydrogen (secondary N) is 1. The van der Waals surface area contributed by atoms with Gasteiger partial charge in [0.2, 0.25) is 5.88 Å². The van der Waals surface area contributed by atoms with Crippen LogP contribution in [0.2, 0.25) is 0 Å². The standard InChI is InChI=1S/C17H19N5O3S/c1-9-13(15(24)21(2)3)26-17(18-9)19-14(23)10-6-7-11-12(8-10)20-22(4)16(11)25-5/h6-8H,1-5H3,(H,18,19,23). The van der Waals surface area contributed by atoms with Crippen LogP contribution < -0.4 is 10.1 Å². The van der Waals surface area contributed by atoms with E-state index in [1.807, 2.05) is 0 Å². The van der Waals surface area contributed by atoms with Crippen LogP contribution in [0.25, 0.3) is 10.9 Å². The van der Waals surface area contributed by atoms with E-state index in [-0.39, 0.29) is 11.8 Å². The van der Waals surface area contributed by atoms with Crippen molar-refractivity contribution in [3.8, 4) is 5.88 Å². The van der Waals surface area contributed by atoms with Gasteiger partial charge in [0.1, 0.15) is 4.88 Å². The van der Waals surface area contributed by atoms with Crippen molar-refractivity contribution in [2.24, 2.45) is 7.05 Å². The van der Waals surface area contributed by atoms with E-state index in [1.165, 1.54) is 4.90 Å². The predicted molar refractivity (Wildman–Crippen MR) is 100 cm³/mol. The number of nitrogens with zero attached hydrogens (tertiary/aromatic N) is 4. The molecule has 0 fully saturated rings. The molecule has 2 heterocycles. The highest BCUT2D eigenvalue weighted by Gasteiger charge is 2.19. The summed E-state index contributed by atoms with van der Waals surface area (Å²) >= 11 is 1.16. The van der Waals surface area contributed by atoms with Crippen LogP contribution >= 0.6 is 11.3 Å². The lowest BCUT2D eigenvalue weighted by Crippen LogP contribution is -2.21. The molecule has 0 radical (unpaired) electrons. The minimum Gasteiger partial charge on any atom is -0.481 e. The average molecular weight is 373 g/mol. The van der Waals surface area contributed by atoms with Crippen molar-refractivity contribution in [1.29, 1.82) is 0 Å². The first-order valence-corrected chi connectivity index (χ1v) is 8.64. The van der Waals surface area contributed by atoms with Crippen LogP contribution in [0.4, 0.5) is 5.13 Å². The fraction of sp³-hybridized carbons (Fsp3) is 0.294. The van der Waals surface area contributed by atoms with Gasteiger partial charge in [0, 0.05) is 26.7 Å². The first-order chi connectivity index (χ1) is 12.3. The molecule has 0 unspecified atom stereocenters. The first kappa shape index (κ1) is 17.9. The van der Waals surface area contributed by atoms with Gasteiger partial charge in [0.05, 0.1) is 23.7 Å². The average Bonchev–Trinajstić information content (AvgIpc) is 3.11. The maximum absolute atomic E-state index is 12.5. The summed E-state index contributed by atoms with van der Waals surface area (Å²) in [4.78, 5) is 30.9. The largest absolute Gasteiger partial charge is 0.481 e. The minimum atomic E-state index is -0.311. The monoisotopic (exact) mass is 373 g/mol. The highest BCUT2D eigenvalue weighted by Crippen LogP contribution is 2.27. The molecule has 0 aliphatic heterocycles. The Bertz CT molecular complexity index is 1010. The first-order valence-electron chi connectivity index (χ1n) is 7.83. The predicted octanol–water partition coefficient (Wildman–Crippen LogP) is 2.30. The molecule has 0 saturated carbocycles. The highest BCUT2D eigenvalue weighted by atomic mass is 32.1. The second kappa shape index (κ2) is 6.75. The minimum absolute atomic E-state index is 0.137. The summed E-state index contributed by atoms with van der Waals surface area (Å²) in [6, 6.07) is 5.19. The van der Waals surface area contributed by atoms with E-state index in [9.17, 15) is 9.59 Å². The number of fused-ring (bicyclic) bond motifs is 1. The summed E-state index contributed by atoms with van der Waals surface area (Å²) in [5.74, 6) is 0.186. The summed E-state index contributed by atoms with van der Waals surface area (Å²) < 4.78 is 6.93. The summed E-state index contributed by atoms with van der Waals surface area (Å²) in [6.07, 6.45) is 0. The lowest BCUT2D eigenvalue weighted by molar-refractivity contribution is 0.0831. The Morgan fingerprint density at radius 2 is 2.04 bits per heavy atom. The van der Waals surface area contributed by atoms with Crippen molar-refractivity contribution < 1.29 is 14.3 Å². The Balaban J connectivity index is 1.85. The molecule has 0 spiro atoms. The van der Waals surface area contributed by atoms with Crippen LogP contribution in [0, 0.1) is 6.92 Å². The van der Waals surface area contributed by atoms with E-state index < -0.39 is 0 Å². The zero-order chi connectivity index (χ0) is 19.0. The van der Waals surface area contributed by atoms with Gasteiger partial charge in [-0.05, 0) is 25.1 Å². The third-order valence-corrected chi connectivity index (χ3v) is 4.91. The van der Waals surface area contributed by atoms with Crippen LogP contribution in [-0.2, 0) is 7.05 Å². The summed E-state index contributed by atoms with van der Waals surface area (Å²) in [5.41, 5.74) is 1.70. The van der Waals surface area contributed by atoms with E-state index >= 15 is 0 Å². The van der Waals surface area contributed by atoms with E-state index in [1.54, 1.807) is 58.1 Å². The molecule has 3 rings (SSSR count). The number of thiazole rings is 1. The zero-order valence-electron chi connectivity index (χ0n) is 15.2. The Labute approximate surface area is 154 Å². The van der Waals surface area contributed by atoms with Crippen molar-refractivity contribution in [1.82, 2.24) is 19.7 Å². The number of carbonyl (C=O) groups is 2. The van der Waals surface area contributed by atoms with Gasteiger partial charge in [-0.15, -0.1) is 0 Å². The third-order valence-electron chi connectivity index (χ3n) is 3.85. The number of aromatic nitrogens is 3. The van der Waals surface area contributed by atoms with Gasteiger partial charge in [-0.2, -0.15) is 5.10 Å². The molecule has 0 saturated heterocycles. The lowest BCUT2D eigenvalue weighted by Gasteiger charge is -2.07. The maximum atomic E-state index is 12.5. The van der Waals surface area contributed by atoms with Gasteiger partial charge in [-0.25, -0.2) is 9.67 Å². The van der Waals surface area contributed by atoms with Gasteiger partial charge in [0.15, 0.2) is 5.13 Å². The normalized spacial score (nSPS) is 10.8. The summed E-state index contributed by atoms with van der Waals surface area (Å²) in [6.45, 7) is 1.75. The molecule has 8 nitrogen and oxygen atoms in total. The molecule has 1 N–H and O–H groups in total. The van der Waals surface area contributed by atoms with Gasteiger partial charge in [0.25, 0.3) is 11.8 Å². The van der Waals surface area contributed by atoms with Crippen LogP contribution in [0.5, 0.6) is 5.88 Å². The van der Waals surface area contributed by atoms with Gasteiger partial charge in [-0.1, -0.05) is 11.3 Å². The lowest BCUT2D eigenvalue weighted by atomic mass is 10.1. The molecule has 9 heteroatoms. The number of hydrogen-bond donors (Lipinski definition) is 1. The maximum Gasteiger partial charge on any atom is 0.265 e. The number of anilines is 1. The Morgan fingerprint density at radius 3 is 2.69 bits per heavy atom. The van der Waals surface area contributed by atoms with Crippen molar-refractivity contribution in [3.05, 3.63) is 34.3 Å². The van der Waals surface area contributed by atoms with Crippen LogP contribution in [0.3, 0.4) is 0 Å². The van der Waals surface area contributed by atoms with Crippen LogP contribution in [0.1, 0.15) is 25.7 Å². The molecule has 0 aliphatic carbocycles. The van der Waals surface area contributed by atoms with Crippen molar-refractivity contribution >= 4 is 39.2 Å². The van der Waals surface area contributed by atoms with Crippen LogP contribution in [0.15, 0.2) is 18.2 Å². The number of hydrogen-bond acceptors (Lipinski definition) is 6. The molecule has 0 bridgehead atoms. The van der Waals surface area contributed by atoms with E-state index in [0.29, 0.717) is 32.7 Å². The number of rotatable bonds is 4. The summed E-state index contributed by atoms with van der Waals surface area (Å²) in [7, 11) is 6.71. The molecule has 2 aromatic heterocycles. The Hall–Kier alpha value is -2.94. The second-order valence-corrected chi connectivity index (χ2v) is 6.95. The number of aryl methyl sites for hydroxylation is 2. The van der Waals surface area contributed by atoms with E-state index in [4.69, 9.17) is 4.74 Å². The fourth-order valence-electron chi connectivity index (χ4n) is 2.58. The number of benzene rings is 1. The quantitative estimate of drug-likeness (QED) is 0.758. The van der Waals surface area contributed by atoms with Gasteiger partial charge < -0.3 is 9.64 Å². The number of methoxy groups -OCH3 is 1. The number of ether oxygens (including phenoxy) is 1. The number of amides is 2. The molecule has 3 aromatic rings. The smallest absolute Gasteiger partial charge is 0.265 e. The van der Waals surface area contributed by atoms with Gasteiger partial charge in [-0.3, -0.25) is 14.9 Å². The third kappa shape index (κ3) is 3.13. The molecule has 1 aromatic carbocycles. The molecular formula is C17H19N5O3S. The van der Waals surface area contributed by atoms with E-state index in [0.717, 1.165) is 16.7 Å². The molecule has 26 heavy (non-hydrogen) atoms. The Morgan fingerprint density at radius 1 is 1.31 bits per heavy atom. The van der Waals surface area contributed by atoms with Crippen LogP contribution in [-0.4, -0.2) is 52.7 Å². The molecule has 136 valence electrons. The summed E-state index contributed by atoms with van der Waals surface area (Å²) in [5, 5.41) is 8.30. The number of carbonyl (C=O) groups excluding carboxylic acids is 2. The molecular weight excluding hydrogens is 354 g/mol. The molecule has 0 aliphatic rings. The molecule has 0 atom stereocenters. The SMILES string of the molecule is COc1c2ccc(C(=O)Nc3nc(C)c(C(=O)N(C)C)s3)cc2nn1C. The van der Waals surface area contributed by atoms with Gasteiger partial charge >= 0.3 is 0 Å². The van der Waals surface area contributed by atoms with Crippen molar-refractivity contribution in [2.45, 2.75) is 6.92 Å². The zero-order valence-corrected chi connectivity index (χ0v) is 16.0. The second-order valence-electron chi connectivity index (χ2n) is 5.95.